The van der Waals surface area contributed by atoms with Gasteiger partial charge in [0.2, 0.25) is 5.88 Å². The number of ether oxygens (including phenoxy) is 1. The van der Waals surface area contributed by atoms with Gasteiger partial charge in [-0.1, -0.05) is 58.9 Å². The van der Waals surface area contributed by atoms with Gasteiger partial charge in [0.15, 0.2) is 6.10 Å². The summed E-state index contributed by atoms with van der Waals surface area (Å²) in [6.07, 6.45) is 16.2. The second-order valence-corrected chi connectivity index (χ2v) is 19.9. The number of carbonyl (C=O) groups is 2. The van der Waals surface area contributed by atoms with Crippen molar-refractivity contribution in [3.8, 4) is 11.9 Å². The minimum Gasteiger partial charge on any atom is -0.481 e. The molecule has 0 spiro atoms. The maximum absolute atomic E-state index is 12.7. The molecule has 2 unspecified atom stereocenters. The molecule has 9 nitrogen and oxygen atoms in total. The molecule has 0 saturated heterocycles. The van der Waals surface area contributed by atoms with Crippen molar-refractivity contribution < 1.29 is 29.6 Å². The van der Waals surface area contributed by atoms with Crippen LogP contribution in [-0.4, -0.2) is 57.0 Å². The number of pyridine rings is 1. The van der Waals surface area contributed by atoms with Crippen LogP contribution in [0.4, 0.5) is 0 Å². The SMILES string of the molecule is C=C(C)[C@@H]1CC[C@]2(NC[C@@H](O)C(=O)O)CC[C@]3(C)[C@H](CC[C@@H]4[C@@]5(C)CC=C(C6=CC[C@](COc7ncccc7C#N)(C(=O)O)CC6)C(C)(C)C5CC[C@]43C)C12. The Hall–Kier alpha value is -3.48. The summed E-state index contributed by atoms with van der Waals surface area (Å²) in [7, 11) is 0. The molecule has 0 amide bonds. The number of aliphatic hydroxyl groups is 1. The van der Waals surface area contributed by atoms with E-state index in [9.17, 15) is 30.2 Å². The van der Waals surface area contributed by atoms with Gasteiger partial charge in [-0.15, -0.1) is 0 Å². The molecule has 55 heavy (non-hydrogen) atoms. The van der Waals surface area contributed by atoms with E-state index in [1.165, 1.54) is 29.6 Å². The molecule has 4 fully saturated rings. The number of aliphatic carboxylic acids is 2. The summed E-state index contributed by atoms with van der Waals surface area (Å²) in [4.78, 5) is 28.5. The molecule has 298 valence electrons. The second kappa shape index (κ2) is 13.9. The topological polar surface area (TPSA) is 153 Å². The number of aliphatic hydroxyl groups excluding tert-OH is 1. The minimum atomic E-state index is -1.41. The molecule has 11 atom stereocenters. The highest BCUT2D eigenvalue weighted by Gasteiger charge is 2.70. The molecule has 0 aromatic carbocycles. The standard InChI is InChI=1S/C46H63N3O6/c1-28(2)31-14-21-46(49-26-34(50)39(51)52)23-22-43(6)33(37(31)46)10-11-36-42(5)17-15-32(41(3,4)35(42)16-18-44(36,43)7)29-12-19-45(20-13-29,40(53)54)27-55-38-30(25-47)9-8-24-48-38/h8-9,12,15,24,31,33-37,49-50H,1,10-11,13-14,16-23,26-27H2,2-7H3,(H,51,52)(H,53,54)/t31-,33+,34+,35?,36+,37?,42-,43+,44+,45-,46-/m0/s1. The molecule has 4 N–H and O–H groups in total. The third-order valence-corrected chi connectivity index (χ3v) is 17.4. The number of rotatable bonds is 10. The number of nitriles is 1. The van der Waals surface area contributed by atoms with E-state index in [-0.39, 0.29) is 46.2 Å². The normalized spacial score (nSPS) is 40.8. The van der Waals surface area contributed by atoms with Crippen LogP contribution in [0.1, 0.15) is 124 Å². The van der Waals surface area contributed by atoms with Gasteiger partial charge >= 0.3 is 11.9 Å². The maximum atomic E-state index is 12.7. The molecule has 6 aliphatic rings. The molecule has 0 radical (unpaired) electrons. The summed E-state index contributed by atoms with van der Waals surface area (Å²) in [5.41, 5.74) is 3.31. The van der Waals surface area contributed by atoms with Crippen molar-refractivity contribution in [1.29, 1.82) is 5.26 Å². The largest absolute Gasteiger partial charge is 0.481 e. The zero-order valence-corrected chi connectivity index (χ0v) is 33.9. The minimum absolute atomic E-state index is 0.0313. The molecule has 6 aliphatic carbocycles. The van der Waals surface area contributed by atoms with Crippen LogP contribution in [0.2, 0.25) is 0 Å². The smallest absolute Gasteiger partial charge is 0.333 e. The van der Waals surface area contributed by atoms with Crippen molar-refractivity contribution in [2.45, 2.75) is 130 Å². The van der Waals surface area contributed by atoms with Crippen LogP contribution < -0.4 is 10.1 Å². The highest BCUT2D eigenvalue weighted by Crippen LogP contribution is 2.76. The average molecular weight is 754 g/mol. The Morgan fingerprint density at radius 2 is 1.76 bits per heavy atom. The van der Waals surface area contributed by atoms with Gasteiger partial charge in [0.1, 0.15) is 23.7 Å². The van der Waals surface area contributed by atoms with E-state index in [4.69, 9.17) is 4.74 Å². The number of carboxylic acids is 2. The van der Waals surface area contributed by atoms with Gasteiger partial charge in [0.05, 0.1) is 0 Å². The second-order valence-electron chi connectivity index (χ2n) is 19.9. The van der Waals surface area contributed by atoms with Crippen LogP contribution in [-0.2, 0) is 9.59 Å². The number of carboxylic acid groups (broad SMARTS) is 2. The Morgan fingerprint density at radius 1 is 1.00 bits per heavy atom. The maximum Gasteiger partial charge on any atom is 0.333 e. The summed E-state index contributed by atoms with van der Waals surface area (Å²) >= 11 is 0. The molecule has 4 saturated carbocycles. The predicted molar refractivity (Wildman–Crippen MR) is 211 cm³/mol. The number of allylic oxidation sites excluding steroid dienone is 5. The van der Waals surface area contributed by atoms with Crippen molar-refractivity contribution in [1.82, 2.24) is 10.3 Å². The van der Waals surface area contributed by atoms with Crippen molar-refractivity contribution in [3.63, 3.8) is 0 Å². The highest BCUT2D eigenvalue weighted by atomic mass is 16.5. The highest BCUT2D eigenvalue weighted by molar-refractivity contribution is 5.76. The molecule has 0 bridgehead atoms. The van der Waals surface area contributed by atoms with Crippen molar-refractivity contribution >= 4 is 11.9 Å². The van der Waals surface area contributed by atoms with Crippen molar-refractivity contribution in [2.75, 3.05) is 13.2 Å². The van der Waals surface area contributed by atoms with Gasteiger partial charge in [-0.2, -0.15) is 5.26 Å². The Morgan fingerprint density at radius 3 is 2.42 bits per heavy atom. The predicted octanol–water partition coefficient (Wildman–Crippen LogP) is 8.49. The number of nitrogens with zero attached hydrogens (tertiary/aromatic N) is 2. The van der Waals surface area contributed by atoms with Gasteiger partial charge in [0, 0.05) is 18.3 Å². The van der Waals surface area contributed by atoms with Crippen LogP contribution in [0.3, 0.4) is 0 Å². The van der Waals surface area contributed by atoms with Gasteiger partial charge in [-0.25, -0.2) is 9.78 Å². The van der Waals surface area contributed by atoms with Crippen LogP contribution in [0, 0.1) is 68.0 Å². The van der Waals surface area contributed by atoms with Crippen molar-refractivity contribution in [3.05, 3.63) is 59.3 Å². The Balaban J connectivity index is 1.14. The van der Waals surface area contributed by atoms with Gasteiger partial charge in [0.25, 0.3) is 0 Å². The van der Waals surface area contributed by atoms with E-state index in [0.29, 0.717) is 54.4 Å². The van der Waals surface area contributed by atoms with E-state index in [1.807, 2.05) is 0 Å². The molecule has 7 rings (SSSR count). The lowest BCUT2D eigenvalue weighted by atomic mass is 9.33. The summed E-state index contributed by atoms with van der Waals surface area (Å²) in [6, 6.07) is 5.39. The van der Waals surface area contributed by atoms with Crippen LogP contribution in [0.5, 0.6) is 5.88 Å². The first-order valence-electron chi connectivity index (χ1n) is 20.8. The molecule has 0 aliphatic heterocycles. The van der Waals surface area contributed by atoms with E-state index < -0.39 is 23.5 Å². The zero-order valence-electron chi connectivity index (χ0n) is 33.9. The van der Waals surface area contributed by atoms with E-state index in [1.54, 1.807) is 18.3 Å². The third kappa shape index (κ3) is 6.02. The van der Waals surface area contributed by atoms with E-state index in [0.717, 1.165) is 44.9 Å². The van der Waals surface area contributed by atoms with Crippen LogP contribution >= 0.6 is 0 Å². The zero-order chi connectivity index (χ0) is 39.8. The number of nitrogens with one attached hydrogen (secondary N) is 1. The first kappa shape index (κ1) is 39.7. The van der Waals surface area contributed by atoms with E-state index >= 15 is 0 Å². The lowest BCUT2D eigenvalue weighted by Crippen LogP contribution is -2.68. The third-order valence-electron chi connectivity index (χ3n) is 17.4. The van der Waals surface area contributed by atoms with Crippen LogP contribution in [0.15, 0.2) is 53.8 Å². The summed E-state index contributed by atoms with van der Waals surface area (Å²) < 4.78 is 5.92. The number of β-amino-alcohol motifs (C(OH)–C–C–N with tert-alkyl or cyclic N) is 1. The average Bonchev–Trinajstić information content (AvgIpc) is 3.53. The quantitative estimate of drug-likeness (QED) is 0.172. The molecule has 1 heterocycles. The molecular weight excluding hydrogens is 691 g/mol. The monoisotopic (exact) mass is 753 g/mol. The Labute approximate surface area is 327 Å². The lowest BCUT2D eigenvalue weighted by Gasteiger charge is -2.72. The van der Waals surface area contributed by atoms with Gasteiger partial charge in [-0.3, -0.25) is 4.79 Å². The fourth-order valence-corrected chi connectivity index (χ4v) is 14.3. The Kier molecular flexibility index (Phi) is 10.0. The molecular formula is C46H63N3O6. The fraction of sp³-hybridized carbons (Fsp3) is 0.696. The van der Waals surface area contributed by atoms with Crippen molar-refractivity contribution in [2.24, 2.45) is 56.7 Å². The summed E-state index contributed by atoms with van der Waals surface area (Å²) in [5.74, 6) is 0.471. The molecule has 1 aromatic heterocycles. The first-order valence-corrected chi connectivity index (χ1v) is 20.8. The molecule has 1 aromatic rings. The summed E-state index contributed by atoms with van der Waals surface area (Å²) in [6.45, 7) is 19.4. The number of hydrogen-bond donors (Lipinski definition) is 4. The number of aromatic nitrogens is 1. The Bertz CT molecular complexity index is 1850. The van der Waals surface area contributed by atoms with Crippen LogP contribution in [0.25, 0.3) is 0 Å². The lowest BCUT2D eigenvalue weighted by molar-refractivity contribution is -0.221. The first-order chi connectivity index (χ1) is 25.9. The molecule has 9 heteroatoms. The number of hydrogen-bond acceptors (Lipinski definition) is 7. The number of fused-ring (bicyclic) bond motifs is 7. The summed E-state index contributed by atoms with van der Waals surface area (Å²) in [5, 5.41) is 43.4. The fourth-order valence-electron chi connectivity index (χ4n) is 14.3. The van der Waals surface area contributed by atoms with Gasteiger partial charge < -0.3 is 25.4 Å². The van der Waals surface area contributed by atoms with Gasteiger partial charge in [-0.05, 0) is 159 Å². The van der Waals surface area contributed by atoms with E-state index in [2.05, 4.69) is 76.6 Å².